The van der Waals surface area contributed by atoms with Crippen molar-refractivity contribution in [3.05, 3.63) is 0 Å². The van der Waals surface area contributed by atoms with Gasteiger partial charge in [-0.15, -0.1) is 0 Å². The second-order valence-electron chi connectivity index (χ2n) is 4.46. The maximum Gasteiger partial charge on any atom is 0.455 e. The van der Waals surface area contributed by atoms with E-state index < -0.39 is 18.7 Å². The van der Waals surface area contributed by atoms with Gasteiger partial charge in [0.25, 0.3) is 0 Å². The Hall–Kier alpha value is -0.430. The van der Waals surface area contributed by atoms with Crippen molar-refractivity contribution in [1.82, 2.24) is 5.32 Å². The first-order valence-electron chi connectivity index (χ1n) is 6.50. The quantitative estimate of drug-likeness (QED) is 0.489. The van der Waals surface area contributed by atoms with Crippen LogP contribution >= 0.6 is 0 Å². The van der Waals surface area contributed by atoms with Crippen LogP contribution in [0.5, 0.6) is 0 Å². The first kappa shape index (κ1) is 18.6. The van der Waals surface area contributed by atoms with Crippen LogP contribution in [0.15, 0.2) is 0 Å². The van der Waals surface area contributed by atoms with Crippen LogP contribution in [-0.4, -0.2) is 37.9 Å². The Bertz CT molecular complexity index is 233. The standard InChI is InChI=1S/C12H22F5NO/c1-3-7-18-10(4-2)6-5-8-19-9-11(13,14)12(15,16)17/h10,18H,3-9H2,1-2H3. The van der Waals surface area contributed by atoms with Crippen molar-refractivity contribution in [2.24, 2.45) is 0 Å². The smallest absolute Gasteiger partial charge is 0.375 e. The van der Waals surface area contributed by atoms with Gasteiger partial charge >= 0.3 is 12.1 Å². The second kappa shape index (κ2) is 8.68. The summed E-state index contributed by atoms with van der Waals surface area (Å²) in [5, 5.41) is 3.27. The zero-order valence-electron chi connectivity index (χ0n) is 11.3. The molecule has 116 valence electrons. The number of rotatable bonds is 10. The van der Waals surface area contributed by atoms with Crippen LogP contribution in [0.1, 0.15) is 39.5 Å². The largest absolute Gasteiger partial charge is 0.455 e. The summed E-state index contributed by atoms with van der Waals surface area (Å²) in [4.78, 5) is 0. The zero-order valence-corrected chi connectivity index (χ0v) is 11.3. The number of alkyl halides is 5. The molecule has 1 N–H and O–H groups in total. The van der Waals surface area contributed by atoms with Gasteiger partial charge in [-0.25, -0.2) is 0 Å². The fraction of sp³-hybridized carbons (Fsp3) is 1.00. The van der Waals surface area contributed by atoms with Crippen molar-refractivity contribution >= 4 is 0 Å². The molecule has 0 spiro atoms. The molecule has 0 aromatic carbocycles. The Kier molecular flexibility index (Phi) is 8.49. The van der Waals surface area contributed by atoms with Crippen LogP contribution in [0.4, 0.5) is 22.0 Å². The molecule has 0 aliphatic heterocycles. The second-order valence-corrected chi connectivity index (χ2v) is 4.46. The number of hydrogen-bond donors (Lipinski definition) is 1. The van der Waals surface area contributed by atoms with Gasteiger partial charge in [0.2, 0.25) is 0 Å². The third-order valence-corrected chi connectivity index (χ3v) is 2.72. The third kappa shape index (κ3) is 7.67. The van der Waals surface area contributed by atoms with Gasteiger partial charge in [-0.1, -0.05) is 13.8 Å². The monoisotopic (exact) mass is 291 g/mol. The van der Waals surface area contributed by atoms with Gasteiger partial charge in [0.05, 0.1) is 0 Å². The molecule has 0 amide bonds. The predicted octanol–water partition coefficient (Wildman–Crippen LogP) is 3.76. The lowest BCUT2D eigenvalue weighted by Gasteiger charge is -2.20. The van der Waals surface area contributed by atoms with Crippen LogP contribution in [0, 0.1) is 0 Å². The molecule has 0 aromatic rings. The number of halogens is 5. The first-order chi connectivity index (χ1) is 8.74. The molecule has 0 fully saturated rings. The average Bonchev–Trinajstić information content (AvgIpc) is 2.31. The van der Waals surface area contributed by atoms with E-state index in [2.05, 4.69) is 10.1 Å². The van der Waals surface area contributed by atoms with E-state index >= 15 is 0 Å². The van der Waals surface area contributed by atoms with E-state index in [4.69, 9.17) is 0 Å². The normalized spacial score (nSPS) is 14.7. The highest BCUT2D eigenvalue weighted by Gasteiger charge is 2.57. The van der Waals surface area contributed by atoms with Crippen molar-refractivity contribution in [3.8, 4) is 0 Å². The molecular formula is C12H22F5NO. The summed E-state index contributed by atoms with van der Waals surface area (Å²) in [6.45, 7) is 3.20. The van der Waals surface area contributed by atoms with Gasteiger partial charge in [0, 0.05) is 12.6 Å². The molecule has 7 heteroatoms. The van der Waals surface area contributed by atoms with Gasteiger partial charge in [-0.2, -0.15) is 22.0 Å². The molecule has 0 aliphatic rings. The molecule has 0 saturated carbocycles. The van der Waals surface area contributed by atoms with Crippen molar-refractivity contribution in [2.45, 2.75) is 57.7 Å². The Balaban J connectivity index is 3.75. The number of ether oxygens (including phenoxy) is 1. The van der Waals surface area contributed by atoms with Crippen LogP contribution in [0.2, 0.25) is 0 Å². The fourth-order valence-corrected chi connectivity index (χ4v) is 1.51. The highest BCUT2D eigenvalue weighted by atomic mass is 19.4. The minimum absolute atomic E-state index is 0.0873. The number of nitrogens with one attached hydrogen (secondary N) is 1. The van der Waals surface area contributed by atoms with Gasteiger partial charge in [0.15, 0.2) is 0 Å². The molecule has 0 aliphatic carbocycles. The summed E-state index contributed by atoms with van der Waals surface area (Å²) >= 11 is 0. The molecule has 19 heavy (non-hydrogen) atoms. The molecule has 1 atom stereocenters. The van der Waals surface area contributed by atoms with Gasteiger partial charge in [-0.05, 0) is 32.2 Å². The van der Waals surface area contributed by atoms with Crippen LogP contribution in [0.25, 0.3) is 0 Å². The fourth-order valence-electron chi connectivity index (χ4n) is 1.51. The Labute approximate surface area is 110 Å². The molecular weight excluding hydrogens is 269 g/mol. The van der Waals surface area contributed by atoms with E-state index in [1.807, 2.05) is 13.8 Å². The molecule has 0 bridgehead atoms. The average molecular weight is 291 g/mol. The molecule has 1 unspecified atom stereocenters. The van der Waals surface area contributed by atoms with Crippen molar-refractivity contribution in [1.29, 1.82) is 0 Å². The summed E-state index contributed by atoms with van der Waals surface area (Å²) < 4.78 is 64.9. The van der Waals surface area contributed by atoms with E-state index in [0.29, 0.717) is 12.8 Å². The van der Waals surface area contributed by atoms with Gasteiger partial charge < -0.3 is 10.1 Å². The highest BCUT2D eigenvalue weighted by Crippen LogP contribution is 2.35. The molecule has 0 radical (unpaired) electrons. The van der Waals surface area contributed by atoms with E-state index in [0.717, 1.165) is 19.4 Å². The Morgan fingerprint density at radius 2 is 1.74 bits per heavy atom. The summed E-state index contributed by atoms with van der Waals surface area (Å²) in [6.07, 6.45) is -2.50. The van der Waals surface area contributed by atoms with Crippen molar-refractivity contribution < 1.29 is 26.7 Å². The molecule has 0 heterocycles. The third-order valence-electron chi connectivity index (χ3n) is 2.72. The molecule has 0 saturated heterocycles. The summed E-state index contributed by atoms with van der Waals surface area (Å²) in [5.74, 6) is -4.77. The Morgan fingerprint density at radius 3 is 2.21 bits per heavy atom. The molecule has 2 nitrogen and oxygen atoms in total. The lowest BCUT2D eigenvalue weighted by Crippen LogP contribution is -2.40. The van der Waals surface area contributed by atoms with Crippen molar-refractivity contribution in [2.75, 3.05) is 19.8 Å². The van der Waals surface area contributed by atoms with Crippen LogP contribution in [-0.2, 0) is 4.74 Å². The number of hydrogen-bond acceptors (Lipinski definition) is 2. The summed E-state index contributed by atoms with van der Waals surface area (Å²) in [5.41, 5.74) is 0. The summed E-state index contributed by atoms with van der Waals surface area (Å²) in [7, 11) is 0. The maximum absolute atomic E-state index is 12.5. The Morgan fingerprint density at radius 1 is 1.11 bits per heavy atom. The van der Waals surface area contributed by atoms with E-state index in [1.165, 1.54) is 0 Å². The molecule has 0 aromatic heterocycles. The maximum atomic E-state index is 12.5. The minimum atomic E-state index is -5.54. The lowest BCUT2D eigenvalue weighted by molar-refractivity contribution is -0.296. The van der Waals surface area contributed by atoms with Crippen LogP contribution < -0.4 is 5.32 Å². The summed E-state index contributed by atoms with van der Waals surface area (Å²) in [6, 6.07) is 0.256. The van der Waals surface area contributed by atoms with Gasteiger partial charge in [0.1, 0.15) is 6.61 Å². The van der Waals surface area contributed by atoms with E-state index in [-0.39, 0.29) is 12.6 Å². The first-order valence-corrected chi connectivity index (χ1v) is 6.50. The highest BCUT2D eigenvalue weighted by molar-refractivity contribution is 4.75. The lowest BCUT2D eigenvalue weighted by atomic mass is 10.1. The van der Waals surface area contributed by atoms with E-state index in [1.54, 1.807) is 0 Å². The van der Waals surface area contributed by atoms with Gasteiger partial charge in [-0.3, -0.25) is 0 Å². The molecule has 0 rings (SSSR count). The van der Waals surface area contributed by atoms with Crippen molar-refractivity contribution in [3.63, 3.8) is 0 Å². The zero-order chi connectivity index (χ0) is 14.9. The van der Waals surface area contributed by atoms with E-state index in [9.17, 15) is 22.0 Å². The SMILES string of the molecule is CCCNC(CC)CCCOCC(F)(F)C(F)(F)F. The predicted molar refractivity (Wildman–Crippen MR) is 63.4 cm³/mol. The minimum Gasteiger partial charge on any atom is -0.375 e. The van der Waals surface area contributed by atoms with Crippen LogP contribution in [0.3, 0.4) is 0 Å². The topological polar surface area (TPSA) is 21.3 Å².